The smallest absolute Gasteiger partial charge is 0.189 e. The molecule has 100 valence electrons. The first-order valence-electron chi connectivity index (χ1n) is 6.46. The van der Waals surface area contributed by atoms with Gasteiger partial charge in [0, 0.05) is 21.0 Å². The van der Waals surface area contributed by atoms with Gasteiger partial charge >= 0.3 is 0 Å². The van der Waals surface area contributed by atoms with Crippen LogP contribution >= 0.6 is 11.3 Å². The Morgan fingerprint density at radius 3 is 2.60 bits per heavy atom. The van der Waals surface area contributed by atoms with Gasteiger partial charge in [0.05, 0.1) is 6.61 Å². The average Bonchev–Trinajstić information content (AvgIpc) is 2.92. The zero-order chi connectivity index (χ0) is 13.8. The van der Waals surface area contributed by atoms with Gasteiger partial charge in [-0.1, -0.05) is 48.5 Å². The molecule has 1 aromatic heterocycles. The Bertz CT molecular complexity index is 716. The maximum atomic E-state index is 12.2. The summed E-state index contributed by atoms with van der Waals surface area (Å²) in [4.78, 5) is 12.2. The van der Waals surface area contributed by atoms with Crippen LogP contribution in [0.15, 0.2) is 60.0 Å². The van der Waals surface area contributed by atoms with Crippen molar-refractivity contribution in [1.29, 1.82) is 0 Å². The molecule has 0 fully saturated rings. The van der Waals surface area contributed by atoms with Gasteiger partial charge in [0.15, 0.2) is 5.78 Å². The van der Waals surface area contributed by atoms with E-state index in [0.29, 0.717) is 6.61 Å². The molecule has 0 amide bonds. The van der Waals surface area contributed by atoms with Crippen LogP contribution in [0.5, 0.6) is 0 Å². The van der Waals surface area contributed by atoms with Gasteiger partial charge in [-0.25, -0.2) is 0 Å². The lowest BCUT2D eigenvalue weighted by molar-refractivity contribution is 0.0728. The van der Waals surface area contributed by atoms with Crippen molar-refractivity contribution < 1.29 is 9.53 Å². The van der Waals surface area contributed by atoms with E-state index in [2.05, 4.69) is 0 Å². The Hall–Kier alpha value is -1.97. The number of benzene rings is 2. The molecule has 0 saturated carbocycles. The topological polar surface area (TPSA) is 26.3 Å². The molecule has 0 unspecified atom stereocenters. The Labute approximate surface area is 121 Å². The Kier molecular flexibility index (Phi) is 3.90. The van der Waals surface area contributed by atoms with Crippen LogP contribution < -0.4 is 0 Å². The average molecular weight is 282 g/mol. The molecule has 0 spiro atoms. The molecule has 0 atom stereocenters. The molecule has 3 heteroatoms. The summed E-state index contributed by atoms with van der Waals surface area (Å²) in [6, 6.07) is 17.8. The molecule has 1 heterocycles. The first kappa shape index (κ1) is 13.0. The van der Waals surface area contributed by atoms with Crippen LogP contribution in [0.25, 0.3) is 10.1 Å². The fourth-order valence-electron chi connectivity index (χ4n) is 2.11. The number of carbonyl (C=O) groups excluding carboxylic acids is 1. The maximum absolute atomic E-state index is 12.2. The van der Waals surface area contributed by atoms with Gasteiger partial charge < -0.3 is 4.74 Å². The van der Waals surface area contributed by atoms with Crippen LogP contribution in [-0.4, -0.2) is 12.4 Å². The summed E-state index contributed by atoms with van der Waals surface area (Å²) < 4.78 is 6.65. The number of hydrogen-bond donors (Lipinski definition) is 0. The van der Waals surface area contributed by atoms with Crippen LogP contribution in [0, 0.1) is 0 Å². The lowest BCUT2D eigenvalue weighted by Gasteiger charge is -2.03. The van der Waals surface area contributed by atoms with Crippen molar-refractivity contribution in [2.45, 2.75) is 6.61 Å². The Morgan fingerprint density at radius 1 is 1.00 bits per heavy atom. The fourth-order valence-corrected chi connectivity index (χ4v) is 3.07. The summed E-state index contributed by atoms with van der Waals surface area (Å²) in [7, 11) is 0. The van der Waals surface area contributed by atoms with E-state index in [1.165, 1.54) is 0 Å². The van der Waals surface area contributed by atoms with Crippen molar-refractivity contribution in [3.63, 3.8) is 0 Å². The number of carbonyl (C=O) groups is 1. The minimum Gasteiger partial charge on any atom is -0.369 e. The number of thiophene rings is 1. The number of ketones is 1. The predicted octanol–water partition coefficient (Wildman–Crippen LogP) is 4.30. The van der Waals surface area contributed by atoms with Crippen molar-refractivity contribution in [3.8, 4) is 0 Å². The molecular formula is C17H14O2S. The van der Waals surface area contributed by atoms with E-state index in [-0.39, 0.29) is 12.4 Å². The second kappa shape index (κ2) is 5.99. The highest BCUT2D eigenvalue weighted by Crippen LogP contribution is 2.25. The molecular weight excluding hydrogens is 268 g/mol. The summed E-state index contributed by atoms with van der Waals surface area (Å²) >= 11 is 1.60. The van der Waals surface area contributed by atoms with Crippen LogP contribution in [0.1, 0.15) is 15.9 Å². The van der Waals surface area contributed by atoms with Gasteiger partial charge in [0.1, 0.15) is 6.61 Å². The third-order valence-electron chi connectivity index (χ3n) is 3.13. The Balaban J connectivity index is 1.65. The molecule has 3 aromatic rings. The normalized spacial score (nSPS) is 10.8. The van der Waals surface area contributed by atoms with E-state index >= 15 is 0 Å². The van der Waals surface area contributed by atoms with E-state index in [9.17, 15) is 4.79 Å². The highest BCUT2D eigenvalue weighted by molar-refractivity contribution is 7.17. The summed E-state index contributed by atoms with van der Waals surface area (Å²) in [5.74, 6) is 0.0402. The number of Topliss-reactive ketones (excluding diaryl/α,β-unsaturated/α-hetero) is 1. The van der Waals surface area contributed by atoms with Gasteiger partial charge in [-0.3, -0.25) is 4.79 Å². The quantitative estimate of drug-likeness (QED) is 0.652. The first-order valence-corrected chi connectivity index (χ1v) is 7.33. The summed E-state index contributed by atoms with van der Waals surface area (Å²) in [6.07, 6.45) is 0. The van der Waals surface area contributed by atoms with Crippen LogP contribution in [-0.2, 0) is 11.3 Å². The van der Waals surface area contributed by atoms with Crippen molar-refractivity contribution in [1.82, 2.24) is 0 Å². The van der Waals surface area contributed by atoms with Gasteiger partial charge in [0.2, 0.25) is 0 Å². The standard InChI is InChI=1S/C17H14O2S/c18-16(11-19-10-13-6-2-1-3-7-13)15-12-20-17-9-5-4-8-14(15)17/h1-9,12H,10-11H2. The highest BCUT2D eigenvalue weighted by Gasteiger charge is 2.11. The summed E-state index contributed by atoms with van der Waals surface area (Å²) in [5, 5.41) is 2.93. The second-order valence-corrected chi connectivity index (χ2v) is 5.46. The molecule has 0 radical (unpaired) electrons. The fraction of sp³-hybridized carbons (Fsp3) is 0.118. The molecule has 0 bridgehead atoms. The molecule has 2 aromatic carbocycles. The monoisotopic (exact) mass is 282 g/mol. The van der Waals surface area contributed by atoms with Crippen molar-refractivity contribution in [3.05, 3.63) is 71.1 Å². The Morgan fingerprint density at radius 2 is 1.75 bits per heavy atom. The zero-order valence-electron chi connectivity index (χ0n) is 10.9. The van der Waals surface area contributed by atoms with E-state index in [4.69, 9.17) is 4.74 Å². The SMILES string of the molecule is O=C(COCc1ccccc1)c1csc2ccccc12. The van der Waals surface area contributed by atoms with Crippen LogP contribution in [0.2, 0.25) is 0 Å². The van der Waals surface area contributed by atoms with Gasteiger partial charge in [-0.05, 0) is 11.6 Å². The lowest BCUT2D eigenvalue weighted by Crippen LogP contribution is -2.08. The largest absolute Gasteiger partial charge is 0.369 e. The number of rotatable bonds is 5. The van der Waals surface area contributed by atoms with E-state index < -0.39 is 0 Å². The molecule has 0 saturated heterocycles. The van der Waals surface area contributed by atoms with Crippen molar-refractivity contribution >= 4 is 27.2 Å². The molecule has 3 rings (SSSR count). The molecule has 0 aliphatic rings. The third kappa shape index (κ3) is 2.79. The molecule has 20 heavy (non-hydrogen) atoms. The van der Waals surface area contributed by atoms with Crippen LogP contribution in [0.3, 0.4) is 0 Å². The maximum Gasteiger partial charge on any atom is 0.189 e. The van der Waals surface area contributed by atoms with Gasteiger partial charge in [-0.2, -0.15) is 0 Å². The van der Waals surface area contributed by atoms with Gasteiger partial charge in [-0.15, -0.1) is 11.3 Å². The number of hydrogen-bond acceptors (Lipinski definition) is 3. The van der Waals surface area contributed by atoms with Crippen molar-refractivity contribution in [2.24, 2.45) is 0 Å². The minimum atomic E-state index is 0.0402. The lowest BCUT2D eigenvalue weighted by atomic mass is 10.1. The molecule has 0 N–H and O–H groups in total. The van der Waals surface area contributed by atoms with E-state index in [1.807, 2.05) is 60.0 Å². The van der Waals surface area contributed by atoms with Crippen LogP contribution in [0.4, 0.5) is 0 Å². The molecule has 0 aliphatic carbocycles. The number of fused-ring (bicyclic) bond motifs is 1. The summed E-state index contributed by atoms with van der Waals surface area (Å²) in [6.45, 7) is 0.588. The first-order chi connectivity index (χ1) is 9.84. The van der Waals surface area contributed by atoms with Crippen molar-refractivity contribution in [2.75, 3.05) is 6.61 Å². The molecule has 2 nitrogen and oxygen atoms in total. The van der Waals surface area contributed by atoms with E-state index in [0.717, 1.165) is 21.2 Å². The molecule has 0 aliphatic heterocycles. The highest BCUT2D eigenvalue weighted by atomic mass is 32.1. The minimum absolute atomic E-state index is 0.0402. The predicted molar refractivity (Wildman–Crippen MR) is 82.3 cm³/mol. The number of ether oxygens (including phenoxy) is 1. The third-order valence-corrected chi connectivity index (χ3v) is 4.09. The summed E-state index contributed by atoms with van der Waals surface area (Å²) in [5.41, 5.74) is 1.84. The zero-order valence-corrected chi connectivity index (χ0v) is 11.7. The van der Waals surface area contributed by atoms with Gasteiger partial charge in [0.25, 0.3) is 0 Å². The second-order valence-electron chi connectivity index (χ2n) is 4.55. The van der Waals surface area contributed by atoms with E-state index in [1.54, 1.807) is 11.3 Å².